The number of aromatic nitrogens is 2. The fourth-order valence-corrected chi connectivity index (χ4v) is 4.37. The van der Waals surface area contributed by atoms with E-state index in [0.29, 0.717) is 31.3 Å². The zero-order valence-corrected chi connectivity index (χ0v) is 15.8. The van der Waals surface area contributed by atoms with Gasteiger partial charge in [-0.1, -0.05) is 0 Å². The molecule has 0 spiro atoms. The molecule has 1 aromatic carbocycles. The van der Waals surface area contributed by atoms with Gasteiger partial charge in [0.25, 0.3) is 0 Å². The van der Waals surface area contributed by atoms with Gasteiger partial charge in [0.05, 0.1) is 23.7 Å². The summed E-state index contributed by atoms with van der Waals surface area (Å²) < 4.78 is 38.5. The third kappa shape index (κ3) is 4.31. The second-order valence-corrected chi connectivity index (χ2v) is 8.10. The van der Waals surface area contributed by atoms with E-state index in [4.69, 9.17) is 9.47 Å². The Hall–Kier alpha value is -2.19. The molecule has 0 aliphatic carbocycles. The van der Waals surface area contributed by atoms with Gasteiger partial charge in [-0.15, -0.1) is 5.10 Å². The van der Waals surface area contributed by atoms with Gasteiger partial charge in [0.2, 0.25) is 15.9 Å². The van der Waals surface area contributed by atoms with Crippen LogP contribution in [0.4, 0.5) is 0 Å². The van der Waals surface area contributed by atoms with Crippen LogP contribution in [0, 0.1) is 6.92 Å². The third-order valence-electron chi connectivity index (χ3n) is 4.17. The first-order chi connectivity index (χ1) is 12.5. The van der Waals surface area contributed by atoms with Crippen molar-refractivity contribution in [3.8, 4) is 11.6 Å². The molecule has 26 heavy (non-hydrogen) atoms. The fourth-order valence-electron chi connectivity index (χ4n) is 2.86. The molecule has 1 aliphatic heterocycles. The van der Waals surface area contributed by atoms with E-state index in [9.17, 15) is 8.42 Å². The number of hydrogen-bond acceptors (Lipinski definition) is 6. The summed E-state index contributed by atoms with van der Waals surface area (Å²) in [4.78, 5) is 0.261. The number of hydrogen-bond donors (Lipinski definition) is 0. The Kier molecular flexibility index (Phi) is 5.73. The molecule has 7 nitrogen and oxygen atoms in total. The van der Waals surface area contributed by atoms with Crippen molar-refractivity contribution in [1.82, 2.24) is 14.5 Å². The van der Waals surface area contributed by atoms with Crippen molar-refractivity contribution >= 4 is 10.0 Å². The van der Waals surface area contributed by atoms with Crippen LogP contribution in [-0.2, 0) is 10.0 Å². The number of benzene rings is 1. The van der Waals surface area contributed by atoms with Crippen molar-refractivity contribution in [2.24, 2.45) is 0 Å². The van der Waals surface area contributed by atoms with Gasteiger partial charge in [0, 0.05) is 12.6 Å². The maximum absolute atomic E-state index is 12.9. The summed E-state index contributed by atoms with van der Waals surface area (Å²) >= 11 is 0. The SMILES string of the molecule is CCOc1ccc(S(=O)(=O)N2CCCC(Oc3ccc(C)nn3)C2)cc1. The lowest BCUT2D eigenvalue weighted by Gasteiger charge is -2.31. The third-order valence-corrected chi connectivity index (χ3v) is 6.05. The maximum atomic E-state index is 12.9. The van der Waals surface area contributed by atoms with E-state index in [-0.39, 0.29) is 11.0 Å². The maximum Gasteiger partial charge on any atom is 0.243 e. The summed E-state index contributed by atoms with van der Waals surface area (Å²) in [6, 6.07) is 10.1. The van der Waals surface area contributed by atoms with Gasteiger partial charge in [-0.3, -0.25) is 0 Å². The Balaban J connectivity index is 1.70. The number of nitrogens with zero attached hydrogens (tertiary/aromatic N) is 3. The molecular weight excluding hydrogens is 354 g/mol. The highest BCUT2D eigenvalue weighted by Gasteiger charge is 2.31. The van der Waals surface area contributed by atoms with Crippen LogP contribution in [0.5, 0.6) is 11.6 Å². The Morgan fingerprint density at radius 1 is 1.15 bits per heavy atom. The topological polar surface area (TPSA) is 81.6 Å². The van der Waals surface area contributed by atoms with Crippen molar-refractivity contribution in [3.05, 3.63) is 42.1 Å². The summed E-state index contributed by atoms with van der Waals surface area (Å²) in [7, 11) is -3.56. The lowest BCUT2D eigenvalue weighted by atomic mass is 10.1. The zero-order chi connectivity index (χ0) is 18.6. The predicted octanol–water partition coefficient (Wildman–Crippen LogP) is 2.42. The Bertz CT molecular complexity index is 823. The Morgan fingerprint density at radius 2 is 1.92 bits per heavy atom. The van der Waals surface area contributed by atoms with Crippen LogP contribution in [0.1, 0.15) is 25.5 Å². The second-order valence-electron chi connectivity index (χ2n) is 6.16. The van der Waals surface area contributed by atoms with Crippen LogP contribution in [0.2, 0.25) is 0 Å². The first kappa shape index (κ1) is 18.6. The smallest absolute Gasteiger partial charge is 0.243 e. The van der Waals surface area contributed by atoms with Crippen molar-refractivity contribution in [3.63, 3.8) is 0 Å². The average molecular weight is 377 g/mol. The molecule has 1 aromatic heterocycles. The van der Waals surface area contributed by atoms with E-state index in [1.165, 1.54) is 4.31 Å². The summed E-state index contributed by atoms with van der Waals surface area (Å²) in [5.74, 6) is 1.07. The van der Waals surface area contributed by atoms with Crippen LogP contribution < -0.4 is 9.47 Å². The highest BCUT2D eigenvalue weighted by molar-refractivity contribution is 7.89. The number of sulfonamides is 1. The molecule has 140 valence electrons. The molecule has 1 atom stereocenters. The van der Waals surface area contributed by atoms with Gasteiger partial charge in [-0.2, -0.15) is 9.40 Å². The molecular formula is C18H23N3O4S. The monoisotopic (exact) mass is 377 g/mol. The summed E-state index contributed by atoms with van der Waals surface area (Å²) in [6.45, 7) is 5.05. The van der Waals surface area contributed by atoms with Gasteiger partial charge >= 0.3 is 0 Å². The normalized spacial score (nSPS) is 18.5. The van der Waals surface area contributed by atoms with Crippen molar-refractivity contribution in [2.75, 3.05) is 19.7 Å². The van der Waals surface area contributed by atoms with E-state index in [1.54, 1.807) is 30.3 Å². The highest BCUT2D eigenvalue weighted by atomic mass is 32.2. The largest absolute Gasteiger partial charge is 0.494 e. The van der Waals surface area contributed by atoms with E-state index < -0.39 is 10.0 Å². The second kappa shape index (κ2) is 8.01. The van der Waals surface area contributed by atoms with E-state index >= 15 is 0 Å². The minimum Gasteiger partial charge on any atom is -0.494 e. The first-order valence-electron chi connectivity index (χ1n) is 8.69. The van der Waals surface area contributed by atoms with Gasteiger partial charge in [-0.05, 0) is 57.0 Å². The average Bonchev–Trinajstić information content (AvgIpc) is 2.65. The predicted molar refractivity (Wildman–Crippen MR) is 96.8 cm³/mol. The summed E-state index contributed by atoms with van der Waals surface area (Å²) in [5.41, 5.74) is 0.806. The van der Waals surface area contributed by atoms with E-state index in [1.807, 2.05) is 19.9 Å². The molecule has 2 aromatic rings. The van der Waals surface area contributed by atoms with Crippen LogP contribution >= 0.6 is 0 Å². The molecule has 3 rings (SSSR count). The van der Waals surface area contributed by atoms with Crippen molar-refractivity contribution in [2.45, 2.75) is 37.7 Å². The van der Waals surface area contributed by atoms with Crippen LogP contribution in [-0.4, -0.2) is 48.7 Å². The standard InChI is InChI=1S/C18H23N3O4S/c1-3-24-15-7-9-17(10-8-15)26(22,23)21-12-4-5-16(13-21)25-18-11-6-14(2)19-20-18/h6-11,16H,3-5,12-13H2,1-2H3. The number of aryl methyl sites for hydroxylation is 1. The minimum absolute atomic E-state index is 0.238. The highest BCUT2D eigenvalue weighted by Crippen LogP contribution is 2.24. The number of piperidine rings is 1. The Morgan fingerprint density at radius 3 is 2.58 bits per heavy atom. The van der Waals surface area contributed by atoms with Gasteiger partial charge in [-0.25, -0.2) is 8.42 Å². The molecule has 1 aliphatic rings. The van der Waals surface area contributed by atoms with Crippen LogP contribution in [0.25, 0.3) is 0 Å². The molecule has 1 fully saturated rings. The molecule has 2 heterocycles. The molecule has 8 heteroatoms. The molecule has 0 N–H and O–H groups in total. The van der Waals surface area contributed by atoms with Crippen LogP contribution in [0.15, 0.2) is 41.3 Å². The Labute approximate surface area is 154 Å². The fraction of sp³-hybridized carbons (Fsp3) is 0.444. The van der Waals surface area contributed by atoms with Crippen LogP contribution in [0.3, 0.4) is 0 Å². The van der Waals surface area contributed by atoms with E-state index in [0.717, 1.165) is 18.5 Å². The quantitative estimate of drug-likeness (QED) is 0.769. The zero-order valence-electron chi connectivity index (χ0n) is 15.0. The molecule has 0 saturated carbocycles. The van der Waals surface area contributed by atoms with Crippen molar-refractivity contribution < 1.29 is 17.9 Å². The molecule has 0 amide bonds. The van der Waals surface area contributed by atoms with Crippen molar-refractivity contribution in [1.29, 1.82) is 0 Å². The number of rotatable bonds is 6. The number of ether oxygens (including phenoxy) is 2. The molecule has 0 radical (unpaired) electrons. The molecule has 1 saturated heterocycles. The molecule has 0 bridgehead atoms. The lowest BCUT2D eigenvalue weighted by molar-refractivity contribution is 0.123. The first-order valence-corrected chi connectivity index (χ1v) is 10.1. The van der Waals surface area contributed by atoms with Gasteiger partial charge in [0.1, 0.15) is 11.9 Å². The summed E-state index contributed by atoms with van der Waals surface area (Å²) in [5, 5.41) is 7.96. The van der Waals surface area contributed by atoms with Gasteiger partial charge < -0.3 is 9.47 Å². The minimum atomic E-state index is -3.56. The molecule has 1 unspecified atom stereocenters. The van der Waals surface area contributed by atoms with E-state index in [2.05, 4.69) is 10.2 Å². The summed E-state index contributed by atoms with van der Waals surface area (Å²) in [6.07, 6.45) is 1.28. The lowest BCUT2D eigenvalue weighted by Crippen LogP contribution is -2.44. The van der Waals surface area contributed by atoms with Gasteiger partial charge in [0.15, 0.2) is 0 Å².